The molecular weight excluding hydrogens is 396 g/mol. The Bertz CT molecular complexity index is 1450. The Morgan fingerprint density at radius 3 is 2.55 bits per heavy atom. The van der Waals surface area contributed by atoms with Gasteiger partial charge in [0.1, 0.15) is 12.7 Å². The highest BCUT2D eigenvalue weighted by molar-refractivity contribution is 5.71. The lowest BCUT2D eigenvalue weighted by molar-refractivity contribution is 0.781. The number of aryl methyl sites for hydroxylation is 2. The average Bonchev–Trinajstić information content (AvgIpc) is 3.44. The average molecular weight is 410 g/mol. The molecule has 12 nitrogen and oxygen atoms in total. The fraction of sp³-hybridized carbons (Fsp3) is 0.105. The number of nitrogens with zero attached hydrogens (tertiary/aromatic N) is 11. The molecule has 0 saturated heterocycles. The van der Waals surface area contributed by atoms with Crippen molar-refractivity contribution in [2.75, 3.05) is 0 Å². The minimum atomic E-state index is 0.222. The zero-order chi connectivity index (χ0) is 21.4. The first kappa shape index (κ1) is 18.3. The van der Waals surface area contributed by atoms with E-state index in [9.17, 15) is 0 Å². The summed E-state index contributed by atoms with van der Waals surface area (Å²) in [7, 11) is 0. The number of hydrogen-bond acceptors (Lipinski definition) is 8. The maximum atomic E-state index is 7.51. The molecule has 5 rings (SSSR count). The van der Waals surface area contributed by atoms with Crippen LogP contribution in [0.2, 0.25) is 0 Å². The molecule has 0 unspecified atom stereocenters. The molecule has 0 radical (unpaired) electrons. The van der Waals surface area contributed by atoms with Crippen LogP contribution in [0.5, 0.6) is 0 Å². The van der Waals surface area contributed by atoms with Crippen LogP contribution in [-0.2, 0) is 0 Å². The van der Waals surface area contributed by atoms with Crippen LogP contribution < -0.4 is 0 Å². The number of benzene rings is 1. The summed E-state index contributed by atoms with van der Waals surface area (Å²) in [6, 6.07) is 9.71. The number of hydrogen-bond donors (Lipinski definition) is 1. The van der Waals surface area contributed by atoms with Crippen LogP contribution >= 0.6 is 0 Å². The van der Waals surface area contributed by atoms with Gasteiger partial charge in [-0.1, -0.05) is 30.3 Å². The summed E-state index contributed by atoms with van der Waals surface area (Å²) in [4.78, 5) is 15.5. The van der Waals surface area contributed by atoms with Crippen molar-refractivity contribution in [3.63, 3.8) is 0 Å². The molecule has 1 N–H and O–H groups in total. The molecule has 0 atom stereocenters. The number of azo groups is 1. The first-order valence-electron chi connectivity index (χ1n) is 9.17. The Kier molecular flexibility index (Phi) is 4.26. The zero-order valence-electron chi connectivity index (χ0n) is 16.5. The van der Waals surface area contributed by atoms with Crippen LogP contribution in [0.1, 0.15) is 11.4 Å². The van der Waals surface area contributed by atoms with Crippen LogP contribution in [0.3, 0.4) is 0 Å². The smallest absolute Gasteiger partial charge is 0.255 e. The molecule has 0 aliphatic rings. The second kappa shape index (κ2) is 7.23. The Hall–Kier alpha value is -4.79. The molecule has 4 heterocycles. The molecule has 31 heavy (non-hydrogen) atoms. The Morgan fingerprint density at radius 2 is 1.81 bits per heavy atom. The topological polar surface area (TPSA) is 132 Å². The van der Waals surface area contributed by atoms with Gasteiger partial charge in [-0.3, -0.25) is 5.10 Å². The molecule has 0 saturated carbocycles. The van der Waals surface area contributed by atoms with Crippen molar-refractivity contribution in [1.82, 2.24) is 44.5 Å². The van der Waals surface area contributed by atoms with Gasteiger partial charge in [-0.05, 0) is 13.8 Å². The second-order valence-electron chi connectivity index (χ2n) is 6.55. The summed E-state index contributed by atoms with van der Waals surface area (Å²) in [5.74, 6) is 1.13. The highest BCUT2D eigenvalue weighted by atomic mass is 15.4. The Morgan fingerprint density at radius 1 is 1.03 bits per heavy atom. The number of aromatic nitrogens is 9. The molecule has 0 aliphatic carbocycles. The summed E-state index contributed by atoms with van der Waals surface area (Å²) >= 11 is 0. The maximum absolute atomic E-state index is 7.51. The Labute approximate surface area is 175 Å². The quantitative estimate of drug-likeness (QED) is 0.355. The van der Waals surface area contributed by atoms with E-state index in [0.717, 1.165) is 11.3 Å². The number of aromatic amines is 1. The van der Waals surface area contributed by atoms with Crippen molar-refractivity contribution in [2.45, 2.75) is 13.8 Å². The lowest BCUT2D eigenvalue weighted by Crippen LogP contribution is -2.02. The van der Waals surface area contributed by atoms with Gasteiger partial charge in [0.05, 0.1) is 18.0 Å². The molecule has 12 heteroatoms. The molecule has 4 aromatic heterocycles. The SMILES string of the molecule is [C-]#[N+]c1c(C)nn(-c2ncncn2)c1N=Nc1c(C)[nH]n2c(-c3ccccc3)nnc12. The van der Waals surface area contributed by atoms with Gasteiger partial charge >= 0.3 is 0 Å². The van der Waals surface area contributed by atoms with Crippen molar-refractivity contribution < 1.29 is 0 Å². The first-order valence-corrected chi connectivity index (χ1v) is 9.17. The van der Waals surface area contributed by atoms with Crippen molar-refractivity contribution in [3.8, 4) is 17.3 Å². The predicted molar refractivity (Wildman–Crippen MR) is 110 cm³/mol. The van der Waals surface area contributed by atoms with Crippen LogP contribution in [0, 0.1) is 20.4 Å². The summed E-state index contributed by atoms with van der Waals surface area (Å²) < 4.78 is 3.12. The van der Waals surface area contributed by atoms with Gasteiger partial charge in [-0.25, -0.2) is 14.3 Å². The van der Waals surface area contributed by atoms with Gasteiger partial charge in [-0.2, -0.15) is 19.7 Å². The van der Waals surface area contributed by atoms with Gasteiger partial charge < -0.3 is 0 Å². The Balaban J connectivity index is 1.62. The number of fused-ring (bicyclic) bond motifs is 1. The lowest BCUT2D eigenvalue weighted by atomic mass is 10.2. The van der Waals surface area contributed by atoms with Crippen LogP contribution in [0.4, 0.5) is 17.2 Å². The standard InChI is InChI=1S/C19H14N12/c1-11-14(20-3)17(31(29-11)19-22-9-21-10-23-19)26-24-15-12(2)28-30-16(25-27-18(15)30)13-7-5-4-6-8-13/h4-10,28H,1-2H3. The van der Waals surface area contributed by atoms with E-state index in [4.69, 9.17) is 6.57 Å². The van der Waals surface area contributed by atoms with Gasteiger partial charge in [0.15, 0.2) is 17.3 Å². The number of H-pyrrole nitrogens is 1. The highest BCUT2D eigenvalue weighted by Crippen LogP contribution is 2.35. The molecular formula is C19H14N12. The van der Waals surface area contributed by atoms with Crippen LogP contribution in [0.15, 0.2) is 53.2 Å². The first-order chi connectivity index (χ1) is 15.2. The summed E-state index contributed by atoms with van der Waals surface area (Å²) in [6.45, 7) is 11.1. The van der Waals surface area contributed by atoms with E-state index in [1.54, 1.807) is 11.4 Å². The third-order valence-corrected chi connectivity index (χ3v) is 4.57. The van der Waals surface area contributed by atoms with E-state index in [2.05, 4.69) is 50.4 Å². The van der Waals surface area contributed by atoms with E-state index in [0.29, 0.717) is 22.9 Å². The monoisotopic (exact) mass is 410 g/mol. The number of rotatable bonds is 4. The zero-order valence-corrected chi connectivity index (χ0v) is 16.5. The maximum Gasteiger partial charge on any atom is 0.255 e. The van der Waals surface area contributed by atoms with Crippen molar-refractivity contribution in [1.29, 1.82) is 0 Å². The van der Waals surface area contributed by atoms with Crippen LogP contribution in [0.25, 0.3) is 27.8 Å². The van der Waals surface area contributed by atoms with Gasteiger partial charge in [0.25, 0.3) is 11.6 Å². The highest BCUT2D eigenvalue weighted by Gasteiger charge is 2.20. The van der Waals surface area contributed by atoms with Gasteiger partial charge in [0, 0.05) is 5.56 Å². The van der Waals surface area contributed by atoms with E-state index in [1.807, 2.05) is 37.3 Å². The van der Waals surface area contributed by atoms with E-state index in [1.165, 1.54) is 17.3 Å². The molecule has 0 amide bonds. The molecule has 1 aromatic carbocycles. The second-order valence-corrected chi connectivity index (χ2v) is 6.55. The fourth-order valence-electron chi connectivity index (χ4n) is 3.13. The van der Waals surface area contributed by atoms with E-state index in [-0.39, 0.29) is 17.5 Å². The summed E-state index contributed by atoms with van der Waals surface area (Å²) in [6.07, 6.45) is 2.69. The van der Waals surface area contributed by atoms with Crippen molar-refractivity contribution >= 4 is 22.8 Å². The lowest BCUT2D eigenvalue weighted by Gasteiger charge is -2.00. The number of nitrogens with one attached hydrogen (secondary N) is 1. The van der Waals surface area contributed by atoms with Crippen molar-refractivity contribution in [3.05, 3.63) is 65.8 Å². The van der Waals surface area contributed by atoms with E-state index < -0.39 is 0 Å². The minimum absolute atomic E-state index is 0.222. The normalized spacial score (nSPS) is 11.4. The molecule has 0 spiro atoms. The minimum Gasteiger partial charge on any atom is -0.293 e. The summed E-state index contributed by atoms with van der Waals surface area (Å²) in [5.41, 5.74) is 3.45. The summed E-state index contributed by atoms with van der Waals surface area (Å²) in [5, 5.41) is 24.8. The van der Waals surface area contributed by atoms with Crippen molar-refractivity contribution in [2.24, 2.45) is 10.2 Å². The molecule has 0 aliphatic heterocycles. The largest absolute Gasteiger partial charge is 0.293 e. The predicted octanol–water partition coefficient (Wildman–Crippen LogP) is 3.68. The molecule has 150 valence electrons. The molecule has 5 aromatic rings. The third kappa shape index (κ3) is 3.01. The van der Waals surface area contributed by atoms with Gasteiger partial charge in [0.2, 0.25) is 5.65 Å². The van der Waals surface area contributed by atoms with Crippen LogP contribution in [-0.4, -0.2) is 44.5 Å². The van der Waals surface area contributed by atoms with Gasteiger partial charge in [-0.15, -0.1) is 20.4 Å². The molecule has 0 bridgehead atoms. The fourth-order valence-corrected chi connectivity index (χ4v) is 3.13. The molecule has 0 fully saturated rings. The third-order valence-electron chi connectivity index (χ3n) is 4.57. The van der Waals surface area contributed by atoms with E-state index >= 15 is 0 Å².